The average Bonchev–Trinajstić information content (AvgIpc) is 2.65. The number of anilines is 3. The molecule has 3 rings (SSSR count). The maximum absolute atomic E-state index is 13.7. The van der Waals surface area contributed by atoms with Crippen molar-refractivity contribution in [1.82, 2.24) is 4.98 Å². The van der Waals surface area contributed by atoms with Gasteiger partial charge in [0.1, 0.15) is 17.3 Å². The van der Waals surface area contributed by atoms with E-state index in [-0.39, 0.29) is 11.3 Å². The highest BCUT2D eigenvalue weighted by Gasteiger charge is 2.17. The number of nitrogens with one attached hydrogen (secondary N) is 2. The summed E-state index contributed by atoms with van der Waals surface area (Å²) in [5.74, 6) is -7.27. The summed E-state index contributed by atoms with van der Waals surface area (Å²) in [7, 11) is 0. The molecule has 2 aromatic carbocycles. The Morgan fingerprint density at radius 2 is 1.56 bits per heavy atom. The molecule has 1 amide bonds. The van der Waals surface area contributed by atoms with Crippen LogP contribution in [-0.2, 0) is 0 Å². The summed E-state index contributed by atoms with van der Waals surface area (Å²) in [6.07, 6.45) is 2.32. The van der Waals surface area contributed by atoms with Gasteiger partial charge in [-0.05, 0) is 30.3 Å². The van der Waals surface area contributed by atoms with Crippen molar-refractivity contribution in [3.05, 3.63) is 83.4 Å². The molecule has 0 spiro atoms. The molecule has 1 heterocycles. The molecule has 0 aliphatic heterocycles. The fourth-order valence-corrected chi connectivity index (χ4v) is 2.21. The highest BCUT2D eigenvalue weighted by molar-refractivity contribution is 6.04. The van der Waals surface area contributed by atoms with E-state index in [2.05, 4.69) is 15.6 Å². The molecule has 0 bridgehead atoms. The molecule has 27 heavy (non-hydrogen) atoms. The fourth-order valence-electron chi connectivity index (χ4n) is 2.21. The number of para-hydroxylation sites is 1. The molecule has 0 saturated carbocycles. The molecule has 3 aromatic rings. The van der Waals surface area contributed by atoms with Gasteiger partial charge in [-0.25, -0.2) is 22.0 Å². The van der Waals surface area contributed by atoms with Gasteiger partial charge in [-0.15, -0.1) is 0 Å². The summed E-state index contributed by atoms with van der Waals surface area (Å²) < 4.78 is 67.2. The maximum Gasteiger partial charge on any atom is 0.257 e. The van der Waals surface area contributed by atoms with E-state index in [1.165, 1.54) is 18.3 Å². The first kappa shape index (κ1) is 18.3. The minimum atomic E-state index is -1.73. The van der Waals surface area contributed by atoms with Gasteiger partial charge in [0.25, 0.3) is 5.91 Å². The van der Waals surface area contributed by atoms with Crippen LogP contribution in [0.2, 0.25) is 0 Å². The number of carbonyl (C=O) groups excluding carboxylic acids is 1. The fraction of sp³-hybridized carbons (Fsp3) is 0. The molecule has 0 fully saturated rings. The second-order valence-electron chi connectivity index (χ2n) is 5.36. The van der Waals surface area contributed by atoms with E-state index in [9.17, 15) is 26.7 Å². The Morgan fingerprint density at radius 1 is 0.852 bits per heavy atom. The normalized spacial score (nSPS) is 10.6. The SMILES string of the molecule is O=C(Nc1ccc(F)c(F)c1F)c1cncc(Nc2c(F)cccc2F)c1. The molecule has 0 aliphatic carbocycles. The molecular weight excluding hydrogens is 369 g/mol. The van der Waals surface area contributed by atoms with Crippen LogP contribution < -0.4 is 10.6 Å². The summed E-state index contributed by atoms with van der Waals surface area (Å²) >= 11 is 0. The number of amides is 1. The highest BCUT2D eigenvalue weighted by Crippen LogP contribution is 2.24. The molecule has 2 N–H and O–H groups in total. The predicted octanol–water partition coefficient (Wildman–Crippen LogP) is 4.77. The number of hydrogen-bond donors (Lipinski definition) is 2. The van der Waals surface area contributed by atoms with Crippen LogP contribution in [0, 0.1) is 29.1 Å². The molecule has 0 saturated heterocycles. The van der Waals surface area contributed by atoms with E-state index in [0.717, 1.165) is 24.4 Å². The topological polar surface area (TPSA) is 54.0 Å². The van der Waals surface area contributed by atoms with Crippen molar-refractivity contribution in [2.24, 2.45) is 0 Å². The first-order valence-electron chi connectivity index (χ1n) is 7.47. The zero-order valence-corrected chi connectivity index (χ0v) is 13.4. The second kappa shape index (κ2) is 7.40. The Balaban J connectivity index is 1.83. The van der Waals surface area contributed by atoms with E-state index in [1.54, 1.807) is 0 Å². The van der Waals surface area contributed by atoms with Crippen molar-refractivity contribution in [1.29, 1.82) is 0 Å². The third kappa shape index (κ3) is 3.86. The molecule has 138 valence electrons. The predicted molar refractivity (Wildman–Crippen MR) is 88.1 cm³/mol. The Bertz CT molecular complexity index is 1010. The van der Waals surface area contributed by atoms with Gasteiger partial charge in [-0.3, -0.25) is 9.78 Å². The van der Waals surface area contributed by atoms with Crippen LogP contribution in [-0.4, -0.2) is 10.9 Å². The van der Waals surface area contributed by atoms with E-state index in [4.69, 9.17) is 0 Å². The van der Waals surface area contributed by atoms with E-state index >= 15 is 0 Å². The molecule has 0 aliphatic rings. The highest BCUT2D eigenvalue weighted by atomic mass is 19.2. The summed E-state index contributed by atoms with van der Waals surface area (Å²) in [4.78, 5) is 16.0. The molecular formula is C18H10F5N3O. The summed E-state index contributed by atoms with van der Waals surface area (Å²) in [6, 6.07) is 5.99. The van der Waals surface area contributed by atoms with Gasteiger partial charge in [0, 0.05) is 6.20 Å². The standard InChI is InChI=1S/C18H10F5N3O/c19-11-4-5-14(16(23)15(11)22)26-18(27)9-6-10(8-24-7-9)25-17-12(20)2-1-3-13(17)21/h1-8,25H,(H,26,27). The van der Waals surface area contributed by atoms with Crippen LogP contribution in [0.15, 0.2) is 48.8 Å². The average molecular weight is 379 g/mol. The minimum absolute atomic E-state index is 0.0809. The van der Waals surface area contributed by atoms with Crippen LogP contribution in [0.1, 0.15) is 10.4 Å². The van der Waals surface area contributed by atoms with Gasteiger partial charge in [0.05, 0.1) is 23.1 Å². The number of rotatable bonds is 4. The van der Waals surface area contributed by atoms with Crippen LogP contribution >= 0.6 is 0 Å². The third-order valence-corrected chi connectivity index (χ3v) is 3.52. The van der Waals surface area contributed by atoms with Gasteiger partial charge in [-0.1, -0.05) is 6.07 Å². The van der Waals surface area contributed by atoms with E-state index in [1.807, 2.05) is 0 Å². The zero-order valence-electron chi connectivity index (χ0n) is 13.4. The monoisotopic (exact) mass is 379 g/mol. The van der Waals surface area contributed by atoms with E-state index in [0.29, 0.717) is 6.07 Å². The lowest BCUT2D eigenvalue weighted by Gasteiger charge is -2.10. The summed E-state index contributed by atoms with van der Waals surface area (Å²) in [5, 5.41) is 4.52. The van der Waals surface area contributed by atoms with Gasteiger partial charge in [0.15, 0.2) is 17.5 Å². The number of carbonyl (C=O) groups is 1. The zero-order chi connectivity index (χ0) is 19.6. The quantitative estimate of drug-likeness (QED) is 0.507. The number of benzene rings is 2. The van der Waals surface area contributed by atoms with Crippen LogP contribution in [0.4, 0.5) is 39.0 Å². The lowest BCUT2D eigenvalue weighted by Crippen LogP contribution is -2.14. The van der Waals surface area contributed by atoms with Gasteiger partial charge < -0.3 is 10.6 Å². The number of nitrogens with zero attached hydrogens (tertiary/aromatic N) is 1. The Labute approximate surface area is 149 Å². The van der Waals surface area contributed by atoms with Crippen molar-refractivity contribution in [3.8, 4) is 0 Å². The smallest absolute Gasteiger partial charge is 0.257 e. The van der Waals surface area contributed by atoms with Crippen LogP contribution in [0.25, 0.3) is 0 Å². The Kier molecular flexibility index (Phi) is 5.02. The van der Waals surface area contributed by atoms with Crippen molar-refractivity contribution in [3.63, 3.8) is 0 Å². The first-order chi connectivity index (χ1) is 12.9. The number of aromatic nitrogens is 1. The second-order valence-corrected chi connectivity index (χ2v) is 5.36. The summed E-state index contributed by atoms with van der Waals surface area (Å²) in [5.41, 5.74) is -1.04. The van der Waals surface area contributed by atoms with Crippen molar-refractivity contribution in [2.45, 2.75) is 0 Å². The minimum Gasteiger partial charge on any atom is -0.349 e. The molecule has 1 aromatic heterocycles. The lowest BCUT2D eigenvalue weighted by molar-refractivity contribution is 0.102. The maximum atomic E-state index is 13.7. The van der Waals surface area contributed by atoms with Crippen molar-refractivity contribution >= 4 is 23.0 Å². The lowest BCUT2D eigenvalue weighted by atomic mass is 10.2. The number of halogens is 5. The van der Waals surface area contributed by atoms with Crippen LogP contribution in [0.3, 0.4) is 0 Å². The molecule has 9 heteroatoms. The van der Waals surface area contributed by atoms with E-state index < -0.39 is 46.4 Å². The van der Waals surface area contributed by atoms with Crippen molar-refractivity contribution in [2.75, 3.05) is 10.6 Å². The van der Waals surface area contributed by atoms with Gasteiger partial charge >= 0.3 is 0 Å². The van der Waals surface area contributed by atoms with Gasteiger partial charge in [-0.2, -0.15) is 0 Å². The number of hydrogen-bond acceptors (Lipinski definition) is 3. The van der Waals surface area contributed by atoms with Gasteiger partial charge in [0.2, 0.25) is 0 Å². The van der Waals surface area contributed by atoms with Crippen LogP contribution in [0.5, 0.6) is 0 Å². The summed E-state index contributed by atoms with van der Waals surface area (Å²) in [6.45, 7) is 0. The molecule has 4 nitrogen and oxygen atoms in total. The Morgan fingerprint density at radius 3 is 2.26 bits per heavy atom. The third-order valence-electron chi connectivity index (χ3n) is 3.52. The molecule has 0 unspecified atom stereocenters. The largest absolute Gasteiger partial charge is 0.349 e. The first-order valence-corrected chi connectivity index (χ1v) is 7.47. The molecule has 0 radical (unpaired) electrons. The van der Waals surface area contributed by atoms with Crippen molar-refractivity contribution < 1.29 is 26.7 Å². The molecule has 0 atom stereocenters. The number of pyridine rings is 1. The Hall–Kier alpha value is -3.49.